The summed E-state index contributed by atoms with van der Waals surface area (Å²) in [5.41, 5.74) is 6.75. The molecule has 0 atom stereocenters. The molecule has 2 heteroatoms. The van der Waals surface area contributed by atoms with Crippen LogP contribution in [0.2, 0.25) is 0 Å². The Hall–Kier alpha value is -1.02. The minimum absolute atomic E-state index is 0.548. The van der Waals surface area contributed by atoms with Crippen LogP contribution in [0.3, 0.4) is 0 Å². The number of hydrogen-bond acceptors (Lipinski definition) is 2. The highest BCUT2D eigenvalue weighted by atomic mass is 16.5. The molecular formula is C15H25NO. The largest absolute Gasteiger partial charge is 0.493 e. The Kier molecular flexibility index (Phi) is 7.48. The van der Waals surface area contributed by atoms with Gasteiger partial charge in [0.1, 0.15) is 5.75 Å². The molecule has 96 valence electrons. The lowest BCUT2D eigenvalue weighted by Gasteiger charge is -2.09. The topological polar surface area (TPSA) is 35.2 Å². The van der Waals surface area contributed by atoms with Crippen LogP contribution in [0.5, 0.6) is 5.75 Å². The molecule has 0 fully saturated rings. The van der Waals surface area contributed by atoms with Crippen molar-refractivity contribution < 1.29 is 4.74 Å². The minimum Gasteiger partial charge on any atom is -0.493 e. The van der Waals surface area contributed by atoms with Crippen molar-refractivity contribution in [1.29, 1.82) is 0 Å². The lowest BCUT2D eigenvalue weighted by atomic mass is 10.1. The molecule has 0 aliphatic heterocycles. The summed E-state index contributed by atoms with van der Waals surface area (Å²) < 4.78 is 5.75. The molecule has 1 rings (SSSR count). The average Bonchev–Trinajstić information content (AvgIpc) is 2.38. The molecule has 2 N–H and O–H groups in total. The molecule has 0 saturated carbocycles. The molecule has 0 aliphatic carbocycles. The van der Waals surface area contributed by atoms with Crippen LogP contribution in [0, 0.1) is 0 Å². The predicted molar refractivity (Wildman–Crippen MR) is 73.2 cm³/mol. The molecule has 0 heterocycles. The summed E-state index contributed by atoms with van der Waals surface area (Å²) in [6.07, 6.45) is 7.76. The second kappa shape index (κ2) is 9.06. The molecule has 17 heavy (non-hydrogen) atoms. The third-order valence-electron chi connectivity index (χ3n) is 2.95. The van der Waals surface area contributed by atoms with E-state index in [9.17, 15) is 0 Å². The van der Waals surface area contributed by atoms with E-state index in [1.807, 2.05) is 24.3 Å². The standard InChI is InChI=1S/C15H25NO/c1-2-3-4-5-6-9-12-17-15-11-8-7-10-14(15)13-16/h7-8,10-11H,2-6,9,12-13,16H2,1H3. The summed E-state index contributed by atoms with van der Waals surface area (Å²) in [5, 5.41) is 0. The normalized spacial score (nSPS) is 10.5. The van der Waals surface area contributed by atoms with Gasteiger partial charge in [-0.2, -0.15) is 0 Å². The smallest absolute Gasteiger partial charge is 0.123 e. The summed E-state index contributed by atoms with van der Waals surface area (Å²) in [7, 11) is 0. The summed E-state index contributed by atoms with van der Waals surface area (Å²) in [4.78, 5) is 0. The monoisotopic (exact) mass is 235 g/mol. The molecular weight excluding hydrogens is 210 g/mol. The number of hydrogen-bond donors (Lipinski definition) is 1. The molecule has 1 aromatic carbocycles. The number of rotatable bonds is 9. The summed E-state index contributed by atoms with van der Waals surface area (Å²) in [5.74, 6) is 0.948. The zero-order chi connectivity index (χ0) is 12.3. The maximum atomic E-state index is 5.75. The first-order valence-electron chi connectivity index (χ1n) is 6.79. The van der Waals surface area contributed by atoms with Gasteiger partial charge in [-0.15, -0.1) is 0 Å². The Bertz CT molecular complexity index is 299. The van der Waals surface area contributed by atoms with Gasteiger partial charge in [-0.05, 0) is 12.5 Å². The molecule has 0 radical (unpaired) electrons. The Labute approximate surface area is 105 Å². The van der Waals surface area contributed by atoms with Crippen molar-refractivity contribution in [3.63, 3.8) is 0 Å². The molecule has 1 aromatic rings. The lowest BCUT2D eigenvalue weighted by Crippen LogP contribution is -2.03. The number of para-hydroxylation sites is 1. The van der Waals surface area contributed by atoms with Gasteiger partial charge in [0.2, 0.25) is 0 Å². The first-order chi connectivity index (χ1) is 8.38. The van der Waals surface area contributed by atoms with E-state index in [4.69, 9.17) is 10.5 Å². The average molecular weight is 235 g/mol. The fraction of sp³-hybridized carbons (Fsp3) is 0.600. The highest BCUT2D eigenvalue weighted by molar-refractivity contribution is 5.32. The van der Waals surface area contributed by atoms with E-state index in [0.717, 1.165) is 24.3 Å². The quantitative estimate of drug-likeness (QED) is 0.659. The maximum absolute atomic E-state index is 5.75. The second-order valence-electron chi connectivity index (χ2n) is 4.43. The summed E-state index contributed by atoms with van der Waals surface area (Å²) in [6, 6.07) is 8.02. The zero-order valence-electron chi connectivity index (χ0n) is 11.0. The number of ether oxygens (including phenoxy) is 1. The highest BCUT2D eigenvalue weighted by Gasteiger charge is 2.00. The highest BCUT2D eigenvalue weighted by Crippen LogP contribution is 2.17. The van der Waals surface area contributed by atoms with Gasteiger partial charge in [-0.25, -0.2) is 0 Å². The predicted octanol–water partition coefficient (Wildman–Crippen LogP) is 3.88. The van der Waals surface area contributed by atoms with Crippen LogP contribution in [0.25, 0.3) is 0 Å². The van der Waals surface area contributed by atoms with Gasteiger partial charge in [0.25, 0.3) is 0 Å². The third kappa shape index (κ3) is 5.73. The van der Waals surface area contributed by atoms with Crippen LogP contribution in [-0.2, 0) is 6.54 Å². The number of nitrogens with two attached hydrogens (primary N) is 1. The number of benzene rings is 1. The molecule has 0 unspecified atom stereocenters. The SMILES string of the molecule is CCCCCCCCOc1ccccc1CN. The maximum Gasteiger partial charge on any atom is 0.123 e. The molecule has 0 saturated heterocycles. The fourth-order valence-electron chi connectivity index (χ4n) is 1.88. The van der Waals surface area contributed by atoms with Crippen molar-refractivity contribution >= 4 is 0 Å². The molecule has 2 nitrogen and oxygen atoms in total. The van der Waals surface area contributed by atoms with Crippen LogP contribution in [-0.4, -0.2) is 6.61 Å². The second-order valence-corrected chi connectivity index (χ2v) is 4.43. The van der Waals surface area contributed by atoms with Crippen molar-refractivity contribution in [1.82, 2.24) is 0 Å². The Balaban J connectivity index is 2.13. The van der Waals surface area contributed by atoms with Crippen LogP contribution in [0.15, 0.2) is 24.3 Å². The Morgan fingerprint density at radius 2 is 1.71 bits per heavy atom. The van der Waals surface area contributed by atoms with Gasteiger partial charge < -0.3 is 10.5 Å². The van der Waals surface area contributed by atoms with Crippen molar-refractivity contribution in [2.45, 2.75) is 52.0 Å². The van der Waals surface area contributed by atoms with Crippen LogP contribution in [0.1, 0.15) is 51.0 Å². The first-order valence-corrected chi connectivity index (χ1v) is 6.79. The van der Waals surface area contributed by atoms with E-state index in [1.54, 1.807) is 0 Å². The number of unbranched alkanes of at least 4 members (excludes halogenated alkanes) is 5. The minimum atomic E-state index is 0.548. The lowest BCUT2D eigenvalue weighted by molar-refractivity contribution is 0.301. The van der Waals surface area contributed by atoms with E-state index in [-0.39, 0.29) is 0 Å². The summed E-state index contributed by atoms with van der Waals surface area (Å²) >= 11 is 0. The van der Waals surface area contributed by atoms with Gasteiger partial charge in [-0.1, -0.05) is 57.2 Å². The van der Waals surface area contributed by atoms with Crippen molar-refractivity contribution in [3.8, 4) is 5.75 Å². The van der Waals surface area contributed by atoms with Crippen LogP contribution < -0.4 is 10.5 Å². The first kappa shape index (κ1) is 14.0. The summed E-state index contributed by atoms with van der Waals surface area (Å²) in [6.45, 7) is 3.60. The molecule has 0 bridgehead atoms. The molecule has 0 amide bonds. The Morgan fingerprint density at radius 3 is 2.47 bits per heavy atom. The molecule has 0 spiro atoms. The van der Waals surface area contributed by atoms with Crippen molar-refractivity contribution in [2.24, 2.45) is 5.73 Å². The van der Waals surface area contributed by atoms with Crippen molar-refractivity contribution in [3.05, 3.63) is 29.8 Å². The van der Waals surface area contributed by atoms with Crippen LogP contribution >= 0.6 is 0 Å². The van der Waals surface area contributed by atoms with Gasteiger partial charge in [0.15, 0.2) is 0 Å². The molecule has 0 aromatic heterocycles. The molecule has 0 aliphatic rings. The van der Waals surface area contributed by atoms with Gasteiger partial charge in [-0.3, -0.25) is 0 Å². The van der Waals surface area contributed by atoms with Gasteiger partial charge in [0, 0.05) is 12.1 Å². The van der Waals surface area contributed by atoms with E-state index in [2.05, 4.69) is 6.92 Å². The Morgan fingerprint density at radius 1 is 1.00 bits per heavy atom. The van der Waals surface area contributed by atoms with E-state index in [0.29, 0.717) is 6.54 Å². The third-order valence-corrected chi connectivity index (χ3v) is 2.95. The zero-order valence-corrected chi connectivity index (χ0v) is 11.0. The van der Waals surface area contributed by atoms with E-state index < -0.39 is 0 Å². The van der Waals surface area contributed by atoms with Crippen molar-refractivity contribution in [2.75, 3.05) is 6.61 Å². The van der Waals surface area contributed by atoms with E-state index >= 15 is 0 Å². The van der Waals surface area contributed by atoms with Gasteiger partial charge >= 0.3 is 0 Å². The van der Waals surface area contributed by atoms with Gasteiger partial charge in [0.05, 0.1) is 6.61 Å². The fourth-order valence-corrected chi connectivity index (χ4v) is 1.88. The van der Waals surface area contributed by atoms with E-state index in [1.165, 1.54) is 32.1 Å². The van der Waals surface area contributed by atoms with Crippen LogP contribution in [0.4, 0.5) is 0 Å².